The zero-order chi connectivity index (χ0) is 9.26. The van der Waals surface area contributed by atoms with Gasteiger partial charge in [-0.1, -0.05) is 0 Å². The van der Waals surface area contributed by atoms with Gasteiger partial charge in [-0.25, -0.2) is 0 Å². The monoisotopic (exact) mass is 184 g/mol. The Morgan fingerprint density at radius 2 is 2.15 bits per heavy atom. The van der Waals surface area contributed by atoms with Gasteiger partial charge in [0.2, 0.25) is 0 Å². The number of hydrogen-bond acceptors (Lipinski definition) is 3. The molecule has 1 aliphatic carbocycles. The summed E-state index contributed by atoms with van der Waals surface area (Å²) in [7, 11) is 1.82. The number of nitrogens with one attached hydrogen (secondary N) is 1. The van der Waals surface area contributed by atoms with Gasteiger partial charge < -0.3 is 10.1 Å². The molecule has 13 heavy (non-hydrogen) atoms. The fourth-order valence-electron chi connectivity index (χ4n) is 2.40. The third-order valence-corrected chi connectivity index (χ3v) is 3.42. The van der Waals surface area contributed by atoms with Crippen LogP contribution in [-0.4, -0.2) is 49.8 Å². The molecule has 0 unspecified atom stereocenters. The Bertz CT molecular complexity index is 168. The van der Waals surface area contributed by atoms with Gasteiger partial charge in [0.15, 0.2) is 0 Å². The van der Waals surface area contributed by atoms with Crippen LogP contribution in [0.3, 0.4) is 0 Å². The second-order valence-electron chi connectivity index (χ2n) is 4.27. The van der Waals surface area contributed by atoms with Gasteiger partial charge in [-0.15, -0.1) is 0 Å². The van der Waals surface area contributed by atoms with E-state index in [0.29, 0.717) is 12.1 Å². The summed E-state index contributed by atoms with van der Waals surface area (Å²) >= 11 is 0. The van der Waals surface area contributed by atoms with E-state index in [9.17, 15) is 0 Å². The number of rotatable bonds is 2. The van der Waals surface area contributed by atoms with E-state index >= 15 is 0 Å². The Morgan fingerprint density at radius 1 is 1.38 bits per heavy atom. The zero-order valence-corrected chi connectivity index (χ0v) is 8.62. The van der Waals surface area contributed by atoms with E-state index in [-0.39, 0.29) is 0 Å². The molecule has 0 spiro atoms. The molecular weight excluding hydrogens is 164 g/mol. The molecule has 0 aromatic heterocycles. The molecule has 2 rings (SSSR count). The number of nitrogens with zero attached hydrogens (tertiary/aromatic N) is 1. The number of hydrogen-bond donors (Lipinski definition) is 1. The lowest BCUT2D eigenvalue weighted by molar-refractivity contribution is -0.0434. The number of methoxy groups -OCH3 is 1. The van der Waals surface area contributed by atoms with Crippen molar-refractivity contribution in [3.63, 3.8) is 0 Å². The summed E-state index contributed by atoms with van der Waals surface area (Å²) in [6.07, 6.45) is 3.01. The van der Waals surface area contributed by atoms with Crippen molar-refractivity contribution in [3.8, 4) is 0 Å². The van der Waals surface area contributed by atoms with Crippen LogP contribution in [0.5, 0.6) is 0 Å². The van der Waals surface area contributed by atoms with E-state index < -0.39 is 0 Å². The maximum atomic E-state index is 5.30. The SMILES string of the molecule is CO[C@H]1C[C@H](N2CCNC[C@@H]2C)C1. The lowest BCUT2D eigenvalue weighted by atomic mass is 9.86. The summed E-state index contributed by atoms with van der Waals surface area (Å²) in [4.78, 5) is 2.63. The highest BCUT2D eigenvalue weighted by Crippen LogP contribution is 2.29. The maximum absolute atomic E-state index is 5.30. The van der Waals surface area contributed by atoms with E-state index in [1.165, 1.54) is 19.4 Å². The second kappa shape index (κ2) is 3.95. The van der Waals surface area contributed by atoms with E-state index in [4.69, 9.17) is 4.74 Å². The Kier molecular flexibility index (Phi) is 2.86. The normalized spacial score (nSPS) is 41.5. The quantitative estimate of drug-likeness (QED) is 0.674. The fraction of sp³-hybridized carbons (Fsp3) is 1.00. The Labute approximate surface area is 80.4 Å². The minimum absolute atomic E-state index is 0.534. The van der Waals surface area contributed by atoms with Gasteiger partial charge in [0, 0.05) is 38.8 Å². The fourth-order valence-corrected chi connectivity index (χ4v) is 2.40. The summed E-state index contributed by atoms with van der Waals surface area (Å²) in [6, 6.07) is 1.50. The molecule has 0 aromatic carbocycles. The molecule has 3 nitrogen and oxygen atoms in total. The lowest BCUT2D eigenvalue weighted by Crippen LogP contribution is -2.58. The molecular formula is C10H20N2O. The van der Waals surface area contributed by atoms with Crippen LogP contribution in [0.1, 0.15) is 19.8 Å². The molecule has 2 aliphatic rings. The predicted molar refractivity (Wildman–Crippen MR) is 52.9 cm³/mol. The van der Waals surface area contributed by atoms with E-state index in [1.54, 1.807) is 0 Å². The third kappa shape index (κ3) is 1.87. The summed E-state index contributed by atoms with van der Waals surface area (Å²) in [5.74, 6) is 0. The molecule has 1 saturated carbocycles. The molecule has 1 saturated heterocycles. The van der Waals surface area contributed by atoms with Crippen molar-refractivity contribution in [2.24, 2.45) is 0 Å². The van der Waals surface area contributed by atoms with Crippen LogP contribution in [0.2, 0.25) is 0 Å². The second-order valence-corrected chi connectivity index (χ2v) is 4.27. The first-order chi connectivity index (χ1) is 6.31. The summed E-state index contributed by atoms with van der Waals surface area (Å²) < 4.78 is 5.30. The maximum Gasteiger partial charge on any atom is 0.0601 e. The van der Waals surface area contributed by atoms with E-state index in [1.807, 2.05) is 7.11 Å². The van der Waals surface area contributed by atoms with Crippen molar-refractivity contribution in [2.45, 2.75) is 38.0 Å². The van der Waals surface area contributed by atoms with Gasteiger partial charge in [0.1, 0.15) is 0 Å². The third-order valence-electron chi connectivity index (χ3n) is 3.42. The van der Waals surface area contributed by atoms with Crippen LogP contribution < -0.4 is 5.32 Å². The molecule has 0 aromatic rings. The molecule has 0 radical (unpaired) electrons. The highest BCUT2D eigenvalue weighted by molar-refractivity contribution is 4.92. The van der Waals surface area contributed by atoms with Crippen molar-refractivity contribution in [3.05, 3.63) is 0 Å². The number of piperazine rings is 1. The average Bonchev–Trinajstić information content (AvgIpc) is 2.06. The molecule has 1 atom stereocenters. The molecule has 1 aliphatic heterocycles. The molecule has 0 bridgehead atoms. The average molecular weight is 184 g/mol. The van der Waals surface area contributed by atoms with Crippen molar-refractivity contribution in [1.29, 1.82) is 0 Å². The highest BCUT2D eigenvalue weighted by Gasteiger charge is 2.36. The van der Waals surface area contributed by atoms with E-state index in [0.717, 1.165) is 19.1 Å². The van der Waals surface area contributed by atoms with Crippen LogP contribution in [0.25, 0.3) is 0 Å². The van der Waals surface area contributed by atoms with Gasteiger partial charge in [-0.2, -0.15) is 0 Å². The minimum atomic E-state index is 0.534. The van der Waals surface area contributed by atoms with Crippen LogP contribution >= 0.6 is 0 Å². The molecule has 1 N–H and O–H groups in total. The summed E-state index contributed by atoms with van der Waals surface area (Å²) in [5.41, 5.74) is 0. The van der Waals surface area contributed by atoms with Crippen molar-refractivity contribution >= 4 is 0 Å². The van der Waals surface area contributed by atoms with E-state index in [2.05, 4.69) is 17.1 Å². The van der Waals surface area contributed by atoms with Crippen LogP contribution in [-0.2, 0) is 4.74 Å². The van der Waals surface area contributed by atoms with Gasteiger partial charge in [-0.3, -0.25) is 4.90 Å². The Balaban J connectivity index is 1.80. The zero-order valence-electron chi connectivity index (χ0n) is 8.62. The van der Waals surface area contributed by atoms with Crippen molar-refractivity contribution < 1.29 is 4.74 Å². The summed E-state index contributed by atoms with van der Waals surface area (Å²) in [6.45, 7) is 5.82. The topological polar surface area (TPSA) is 24.5 Å². The van der Waals surface area contributed by atoms with Gasteiger partial charge in [-0.05, 0) is 19.8 Å². The predicted octanol–water partition coefficient (Wildman–Crippen LogP) is 0.457. The largest absolute Gasteiger partial charge is 0.381 e. The standard InChI is InChI=1S/C10H20N2O/c1-8-7-11-3-4-12(8)9-5-10(6-9)13-2/h8-11H,3-7H2,1-2H3/t8-,9-,10-/m0/s1. The van der Waals surface area contributed by atoms with Crippen molar-refractivity contribution in [2.75, 3.05) is 26.7 Å². The van der Waals surface area contributed by atoms with Crippen LogP contribution in [0.4, 0.5) is 0 Å². The van der Waals surface area contributed by atoms with Crippen LogP contribution in [0, 0.1) is 0 Å². The van der Waals surface area contributed by atoms with Gasteiger partial charge >= 0.3 is 0 Å². The number of ether oxygens (including phenoxy) is 1. The smallest absolute Gasteiger partial charge is 0.0601 e. The molecule has 0 amide bonds. The molecule has 3 heteroatoms. The first-order valence-corrected chi connectivity index (χ1v) is 5.30. The molecule has 1 heterocycles. The highest BCUT2D eigenvalue weighted by atomic mass is 16.5. The molecule has 2 fully saturated rings. The first kappa shape index (κ1) is 9.44. The minimum Gasteiger partial charge on any atom is -0.381 e. The van der Waals surface area contributed by atoms with Gasteiger partial charge in [0.25, 0.3) is 0 Å². The summed E-state index contributed by atoms with van der Waals surface area (Å²) in [5, 5.41) is 3.42. The van der Waals surface area contributed by atoms with Gasteiger partial charge in [0.05, 0.1) is 6.10 Å². The van der Waals surface area contributed by atoms with Crippen molar-refractivity contribution in [1.82, 2.24) is 10.2 Å². The van der Waals surface area contributed by atoms with Crippen LogP contribution in [0.15, 0.2) is 0 Å². The Hall–Kier alpha value is -0.120. The molecule has 76 valence electrons. The Morgan fingerprint density at radius 3 is 2.77 bits per heavy atom. The first-order valence-electron chi connectivity index (χ1n) is 5.30. The lowest BCUT2D eigenvalue weighted by Gasteiger charge is -2.47.